The largest absolute Gasteiger partial charge is 0.370 e. The van der Waals surface area contributed by atoms with Crippen molar-refractivity contribution >= 4 is 45.0 Å². The number of benzene rings is 1. The molecule has 16 heavy (non-hydrogen) atoms. The molecule has 1 aliphatic heterocycles. The molecule has 0 radical (unpaired) electrons. The maximum atomic E-state index is 5.83. The van der Waals surface area contributed by atoms with Crippen LogP contribution >= 0.6 is 39.3 Å². The van der Waals surface area contributed by atoms with E-state index in [2.05, 4.69) is 39.0 Å². The second-order valence-corrected chi connectivity index (χ2v) is 6.22. The molecule has 1 aromatic rings. The third kappa shape index (κ3) is 3.08. The van der Waals surface area contributed by atoms with E-state index in [-0.39, 0.29) is 0 Å². The molecule has 1 aromatic carbocycles. The maximum absolute atomic E-state index is 5.83. The topological polar surface area (TPSA) is 3.24 Å². The minimum absolute atomic E-state index is 0.578. The van der Waals surface area contributed by atoms with E-state index in [0.29, 0.717) is 5.88 Å². The molecular formula is C12H15BrClNS. The molecule has 1 nitrogen and oxygen atoms in total. The highest BCUT2D eigenvalue weighted by Gasteiger charge is 2.12. The molecule has 0 N–H and O–H groups in total. The highest BCUT2D eigenvalue weighted by molar-refractivity contribution is 9.10. The summed E-state index contributed by atoms with van der Waals surface area (Å²) in [6.07, 6.45) is 1.27. The lowest BCUT2D eigenvalue weighted by Crippen LogP contribution is -2.25. The standard InChI is InChI=1S/C12H15BrClNS/c13-11-8-10(9-14)2-3-12(11)15-4-1-6-16-7-5-15/h2-3,8H,1,4-7,9H2. The van der Waals surface area contributed by atoms with Gasteiger partial charge in [-0.2, -0.15) is 11.8 Å². The molecule has 0 amide bonds. The third-order valence-electron chi connectivity index (χ3n) is 2.73. The first-order chi connectivity index (χ1) is 7.81. The van der Waals surface area contributed by atoms with E-state index in [1.54, 1.807) is 0 Å². The van der Waals surface area contributed by atoms with E-state index < -0.39 is 0 Å². The molecule has 0 aliphatic carbocycles. The van der Waals surface area contributed by atoms with Crippen molar-refractivity contribution in [3.63, 3.8) is 0 Å². The summed E-state index contributed by atoms with van der Waals surface area (Å²) in [4.78, 5) is 2.46. The Hall–Kier alpha value is 0.140. The Morgan fingerprint density at radius 3 is 2.94 bits per heavy atom. The van der Waals surface area contributed by atoms with E-state index in [4.69, 9.17) is 11.6 Å². The zero-order valence-corrected chi connectivity index (χ0v) is 12.2. The average Bonchev–Trinajstić information content (AvgIpc) is 2.57. The van der Waals surface area contributed by atoms with Crippen molar-refractivity contribution in [2.45, 2.75) is 12.3 Å². The van der Waals surface area contributed by atoms with E-state index >= 15 is 0 Å². The Labute approximate surface area is 115 Å². The van der Waals surface area contributed by atoms with E-state index in [1.165, 1.54) is 29.2 Å². The van der Waals surface area contributed by atoms with Crippen molar-refractivity contribution in [1.82, 2.24) is 0 Å². The molecule has 0 atom stereocenters. The molecule has 1 aliphatic rings. The van der Waals surface area contributed by atoms with Crippen LogP contribution in [0.3, 0.4) is 0 Å². The minimum Gasteiger partial charge on any atom is -0.370 e. The van der Waals surface area contributed by atoms with Crippen LogP contribution in [0.25, 0.3) is 0 Å². The van der Waals surface area contributed by atoms with Gasteiger partial charge in [0.05, 0.1) is 5.69 Å². The summed E-state index contributed by atoms with van der Waals surface area (Å²) in [7, 11) is 0. The SMILES string of the molecule is ClCc1ccc(N2CCCSCC2)c(Br)c1. The smallest absolute Gasteiger partial charge is 0.0511 e. The second kappa shape index (κ2) is 6.18. The quantitative estimate of drug-likeness (QED) is 0.754. The molecule has 1 heterocycles. The summed E-state index contributed by atoms with van der Waals surface area (Å²) in [6, 6.07) is 6.42. The summed E-state index contributed by atoms with van der Waals surface area (Å²) in [6.45, 7) is 2.30. The Morgan fingerprint density at radius 1 is 1.31 bits per heavy atom. The van der Waals surface area contributed by atoms with E-state index in [1.807, 2.05) is 11.8 Å². The molecule has 88 valence electrons. The van der Waals surface area contributed by atoms with Crippen molar-refractivity contribution in [1.29, 1.82) is 0 Å². The fourth-order valence-electron chi connectivity index (χ4n) is 1.88. The first-order valence-electron chi connectivity index (χ1n) is 5.48. The van der Waals surface area contributed by atoms with E-state index in [0.717, 1.165) is 17.6 Å². The summed E-state index contributed by atoms with van der Waals surface area (Å²) < 4.78 is 1.16. The van der Waals surface area contributed by atoms with Crippen LogP contribution in [0, 0.1) is 0 Å². The van der Waals surface area contributed by atoms with Crippen molar-refractivity contribution in [2.24, 2.45) is 0 Å². The number of hydrogen-bond acceptors (Lipinski definition) is 2. The van der Waals surface area contributed by atoms with Crippen molar-refractivity contribution in [3.8, 4) is 0 Å². The van der Waals surface area contributed by atoms with E-state index in [9.17, 15) is 0 Å². The normalized spacial score (nSPS) is 17.2. The number of hydrogen-bond donors (Lipinski definition) is 0. The van der Waals surface area contributed by atoms with Gasteiger partial charge in [-0.15, -0.1) is 11.6 Å². The van der Waals surface area contributed by atoms with Gasteiger partial charge in [-0.1, -0.05) is 6.07 Å². The third-order valence-corrected chi connectivity index (χ3v) is 4.72. The summed E-state index contributed by atoms with van der Waals surface area (Å²) in [5.41, 5.74) is 2.47. The fraction of sp³-hybridized carbons (Fsp3) is 0.500. The van der Waals surface area contributed by atoms with Crippen LogP contribution in [0.4, 0.5) is 5.69 Å². The molecule has 1 fully saturated rings. The lowest BCUT2D eigenvalue weighted by molar-refractivity contribution is 0.814. The molecular weight excluding hydrogens is 306 g/mol. The Bertz CT molecular complexity index is 351. The summed E-state index contributed by atoms with van der Waals surface area (Å²) in [5, 5.41) is 0. The lowest BCUT2D eigenvalue weighted by atomic mass is 10.2. The number of rotatable bonds is 2. The fourth-order valence-corrected chi connectivity index (χ4v) is 3.61. The highest BCUT2D eigenvalue weighted by atomic mass is 79.9. The Balaban J connectivity index is 2.18. The van der Waals surface area contributed by atoms with Gasteiger partial charge < -0.3 is 4.90 Å². The van der Waals surface area contributed by atoms with Gasteiger partial charge >= 0.3 is 0 Å². The van der Waals surface area contributed by atoms with Crippen LogP contribution in [0.1, 0.15) is 12.0 Å². The zero-order chi connectivity index (χ0) is 11.4. The van der Waals surface area contributed by atoms with Gasteiger partial charge in [0.2, 0.25) is 0 Å². The maximum Gasteiger partial charge on any atom is 0.0511 e. The van der Waals surface area contributed by atoms with Gasteiger partial charge in [0.15, 0.2) is 0 Å². The average molecular weight is 321 g/mol. The van der Waals surface area contributed by atoms with Crippen LogP contribution in [0.5, 0.6) is 0 Å². The van der Waals surface area contributed by atoms with Crippen LogP contribution in [0.2, 0.25) is 0 Å². The predicted octanol–water partition coefficient (Wildman–Crippen LogP) is 4.13. The van der Waals surface area contributed by atoms with Crippen molar-refractivity contribution in [2.75, 3.05) is 29.5 Å². The Morgan fingerprint density at radius 2 is 2.19 bits per heavy atom. The number of thioether (sulfide) groups is 1. The summed E-state index contributed by atoms with van der Waals surface area (Å²) >= 11 is 11.5. The predicted molar refractivity (Wildman–Crippen MR) is 77.9 cm³/mol. The van der Waals surface area contributed by atoms with Gasteiger partial charge in [-0.05, 0) is 45.8 Å². The first kappa shape index (κ1) is 12.6. The lowest BCUT2D eigenvalue weighted by Gasteiger charge is -2.23. The first-order valence-corrected chi connectivity index (χ1v) is 7.96. The molecule has 2 rings (SSSR count). The number of anilines is 1. The van der Waals surface area contributed by atoms with Crippen LogP contribution in [-0.2, 0) is 5.88 Å². The van der Waals surface area contributed by atoms with Gasteiger partial charge in [0.25, 0.3) is 0 Å². The van der Waals surface area contributed by atoms with Crippen LogP contribution in [0.15, 0.2) is 22.7 Å². The van der Waals surface area contributed by atoms with Crippen molar-refractivity contribution in [3.05, 3.63) is 28.2 Å². The molecule has 0 saturated carbocycles. The monoisotopic (exact) mass is 319 g/mol. The zero-order valence-electron chi connectivity index (χ0n) is 9.09. The van der Waals surface area contributed by atoms with Gasteiger partial charge in [-0.3, -0.25) is 0 Å². The van der Waals surface area contributed by atoms with Crippen molar-refractivity contribution < 1.29 is 0 Å². The number of nitrogens with zero attached hydrogens (tertiary/aromatic N) is 1. The molecule has 0 spiro atoms. The minimum atomic E-state index is 0.578. The number of alkyl halides is 1. The Kier molecular flexibility index (Phi) is 4.86. The second-order valence-electron chi connectivity index (χ2n) is 3.87. The molecule has 0 unspecified atom stereocenters. The molecule has 0 bridgehead atoms. The van der Waals surface area contributed by atoms with Gasteiger partial charge in [0, 0.05) is 29.2 Å². The molecule has 4 heteroatoms. The number of halogens is 2. The summed E-state index contributed by atoms with van der Waals surface area (Å²) in [5.74, 6) is 3.09. The van der Waals surface area contributed by atoms with Crippen LogP contribution < -0.4 is 4.90 Å². The molecule has 0 aromatic heterocycles. The van der Waals surface area contributed by atoms with Gasteiger partial charge in [0.1, 0.15) is 0 Å². The highest BCUT2D eigenvalue weighted by Crippen LogP contribution is 2.29. The van der Waals surface area contributed by atoms with Gasteiger partial charge in [-0.25, -0.2) is 0 Å². The molecule has 1 saturated heterocycles. The van der Waals surface area contributed by atoms with Crippen LogP contribution in [-0.4, -0.2) is 24.6 Å².